The van der Waals surface area contributed by atoms with E-state index in [0.29, 0.717) is 11.5 Å². The van der Waals surface area contributed by atoms with Crippen molar-refractivity contribution in [3.05, 3.63) is 48.3 Å². The highest BCUT2D eigenvalue weighted by Crippen LogP contribution is 2.29. The van der Waals surface area contributed by atoms with Gasteiger partial charge >= 0.3 is 0 Å². The van der Waals surface area contributed by atoms with Crippen LogP contribution in [0.1, 0.15) is 0 Å². The van der Waals surface area contributed by atoms with Crippen LogP contribution in [0.15, 0.2) is 42.5 Å². The minimum atomic E-state index is -0.247. The van der Waals surface area contributed by atoms with Crippen LogP contribution in [0.2, 0.25) is 0 Å². The second kappa shape index (κ2) is 4.87. The first kappa shape index (κ1) is 11.5. The zero-order valence-corrected chi connectivity index (χ0v) is 9.74. The Morgan fingerprint density at radius 3 is 1.76 bits per heavy atom. The molecule has 0 bridgehead atoms. The summed E-state index contributed by atoms with van der Waals surface area (Å²) in [7, 11) is 3.20. The Labute approximate surface area is 99.6 Å². The van der Waals surface area contributed by atoms with Gasteiger partial charge in [-0.1, -0.05) is 12.1 Å². The third-order valence-electron chi connectivity index (χ3n) is 2.53. The van der Waals surface area contributed by atoms with Crippen LogP contribution in [-0.2, 0) is 0 Å². The zero-order valence-electron chi connectivity index (χ0n) is 9.74. The molecule has 0 aliphatic rings. The molecule has 2 aromatic carbocycles. The van der Waals surface area contributed by atoms with E-state index in [0.717, 1.165) is 11.1 Å². The maximum atomic E-state index is 12.8. The lowest BCUT2D eigenvalue weighted by Gasteiger charge is -2.08. The molecule has 17 heavy (non-hydrogen) atoms. The summed E-state index contributed by atoms with van der Waals surface area (Å²) in [6, 6.07) is 11.9. The van der Waals surface area contributed by atoms with Crippen LogP contribution in [-0.4, -0.2) is 14.2 Å². The van der Waals surface area contributed by atoms with Gasteiger partial charge in [0.15, 0.2) is 0 Å². The Morgan fingerprint density at radius 1 is 0.765 bits per heavy atom. The molecular formula is C14H13FO2. The minimum absolute atomic E-state index is 0.247. The number of halogens is 1. The van der Waals surface area contributed by atoms with E-state index in [-0.39, 0.29) is 5.82 Å². The van der Waals surface area contributed by atoms with Crippen LogP contribution in [0.4, 0.5) is 4.39 Å². The quantitative estimate of drug-likeness (QED) is 0.806. The molecule has 0 amide bonds. The van der Waals surface area contributed by atoms with Gasteiger partial charge in [0.1, 0.15) is 17.3 Å². The van der Waals surface area contributed by atoms with Crippen LogP contribution in [0.5, 0.6) is 11.5 Å². The summed E-state index contributed by atoms with van der Waals surface area (Å²) in [6.07, 6.45) is 0. The highest BCUT2D eigenvalue weighted by molar-refractivity contribution is 5.67. The Balaban J connectivity index is 2.46. The monoisotopic (exact) mass is 232 g/mol. The molecule has 0 aromatic heterocycles. The van der Waals surface area contributed by atoms with Gasteiger partial charge in [0.2, 0.25) is 0 Å². The summed E-state index contributed by atoms with van der Waals surface area (Å²) in [6.45, 7) is 0. The van der Waals surface area contributed by atoms with Gasteiger partial charge in [-0.3, -0.25) is 0 Å². The molecule has 0 aliphatic carbocycles. The molecule has 0 radical (unpaired) electrons. The molecule has 0 saturated heterocycles. The van der Waals surface area contributed by atoms with Crippen LogP contribution in [0.3, 0.4) is 0 Å². The SMILES string of the molecule is COc1cc(OC)cc(-c2ccc(F)cc2)c1. The van der Waals surface area contributed by atoms with E-state index in [2.05, 4.69) is 0 Å². The second-order valence-corrected chi connectivity index (χ2v) is 3.61. The van der Waals surface area contributed by atoms with Crippen LogP contribution in [0, 0.1) is 5.82 Å². The Morgan fingerprint density at radius 2 is 1.29 bits per heavy atom. The van der Waals surface area contributed by atoms with Crippen molar-refractivity contribution in [1.82, 2.24) is 0 Å². The molecule has 0 unspecified atom stereocenters. The van der Waals surface area contributed by atoms with Gasteiger partial charge in [-0.25, -0.2) is 4.39 Å². The number of benzene rings is 2. The Hall–Kier alpha value is -2.03. The third kappa shape index (κ3) is 2.56. The largest absolute Gasteiger partial charge is 0.497 e. The maximum absolute atomic E-state index is 12.8. The highest BCUT2D eigenvalue weighted by atomic mass is 19.1. The summed E-state index contributed by atoms with van der Waals surface area (Å²) >= 11 is 0. The minimum Gasteiger partial charge on any atom is -0.497 e. The number of rotatable bonds is 3. The predicted molar refractivity (Wildman–Crippen MR) is 64.9 cm³/mol. The van der Waals surface area contributed by atoms with Gasteiger partial charge in [0, 0.05) is 6.07 Å². The Kier molecular flexibility index (Phi) is 3.28. The number of methoxy groups -OCH3 is 2. The molecule has 88 valence electrons. The lowest BCUT2D eigenvalue weighted by Crippen LogP contribution is -1.88. The van der Waals surface area contributed by atoms with Gasteiger partial charge in [-0.15, -0.1) is 0 Å². The molecule has 2 aromatic rings. The van der Waals surface area contributed by atoms with Crippen molar-refractivity contribution in [3.8, 4) is 22.6 Å². The van der Waals surface area contributed by atoms with Gasteiger partial charge < -0.3 is 9.47 Å². The predicted octanol–water partition coefficient (Wildman–Crippen LogP) is 3.51. The first-order valence-corrected chi connectivity index (χ1v) is 5.22. The molecule has 0 saturated carbocycles. The summed E-state index contributed by atoms with van der Waals surface area (Å²) < 4.78 is 23.2. The first-order chi connectivity index (χ1) is 8.22. The number of ether oxygens (including phenoxy) is 2. The summed E-state index contributed by atoms with van der Waals surface area (Å²) in [5, 5.41) is 0. The lowest BCUT2D eigenvalue weighted by atomic mass is 10.1. The zero-order chi connectivity index (χ0) is 12.3. The Bertz CT molecular complexity index is 484. The van der Waals surface area contributed by atoms with E-state index in [1.165, 1.54) is 12.1 Å². The third-order valence-corrected chi connectivity index (χ3v) is 2.53. The fraction of sp³-hybridized carbons (Fsp3) is 0.143. The van der Waals surface area contributed by atoms with Crippen LogP contribution >= 0.6 is 0 Å². The maximum Gasteiger partial charge on any atom is 0.123 e. The van der Waals surface area contributed by atoms with Crippen molar-refractivity contribution in [3.63, 3.8) is 0 Å². The average Bonchev–Trinajstić information content (AvgIpc) is 2.39. The van der Waals surface area contributed by atoms with Gasteiger partial charge in [0.05, 0.1) is 14.2 Å². The molecular weight excluding hydrogens is 219 g/mol. The molecule has 0 heterocycles. The molecule has 0 atom stereocenters. The van der Waals surface area contributed by atoms with Crippen molar-refractivity contribution in [1.29, 1.82) is 0 Å². The smallest absolute Gasteiger partial charge is 0.123 e. The summed E-state index contributed by atoms with van der Waals surface area (Å²) in [5.41, 5.74) is 1.85. The van der Waals surface area contributed by atoms with E-state index in [1.807, 2.05) is 12.1 Å². The van der Waals surface area contributed by atoms with Crippen LogP contribution in [0.25, 0.3) is 11.1 Å². The van der Waals surface area contributed by atoms with Gasteiger partial charge in [0.25, 0.3) is 0 Å². The first-order valence-electron chi connectivity index (χ1n) is 5.22. The highest BCUT2D eigenvalue weighted by Gasteiger charge is 2.04. The standard InChI is InChI=1S/C14H13FO2/c1-16-13-7-11(8-14(9-13)17-2)10-3-5-12(15)6-4-10/h3-9H,1-2H3. The van der Waals surface area contributed by atoms with E-state index in [4.69, 9.17) is 9.47 Å². The van der Waals surface area contributed by atoms with E-state index < -0.39 is 0 Å². The normalized spacial score (nSPS) is 10.1. The number of hydrogen-bond donors (Lipinski definition) is 0. The summed E-state index contributed by atoms with van der Waals surface area (Å²) in [5.74, 6) is 1.18. The molecule has 0 fully saturated rings. The molecule has 0 spiro atoms. The van der Waals surface area contributed by atoms with Crippen molar-refractivity contribution in [2.45, 2.75) is 0 Å². The molecule has 2 nitrogen and oxygen atoms in total. The second-order valence-electron chi connectivity index (χ2n) is 3.61. The fourth-order valence-electron chi connectivity index (χ4n) is 1.62. The molecule has 0 N–H and O–H groups in total. The van der Waals surface area contributed by atoms with E-state index >= 15 is 0 Å². The summed E-state index contributed by atoms with van der Waals surface area (Å²) in [4.78, 5) is 0. The van der Waals surface area contributed by atoms with Crippen molar-refractivity contribution < 1.29 is 13.9 Å². The van der Waals surface area contributed by atoms with E-state index in [1.54, 1.807) is 32.4 Å². The van der Waals surface area contributed by atoms with Crippen molar-refractivity contribution >= 4 is 0 Å². The van der Waals surface area contributed by atoms with E-state index in [9.17, 15) is 4.39 Å². The average molecular weight is 232 g/mol. The lowest BCUT2D eigenvalue weighted by molar-refractivity contribution is 0.394. The fourth-order valence-corrected chi connectivity index (χ4v) is 1.62. The van der Waals surface area contributed by atoms with Crippen molar-refractivity contribution in [2.24, 2.45) is 0 Å². The topological polar surface area (TPSA) is 18.5 Å². The molecule has 0 aliphatic heterocycles. The van der Waals surface area contributed by atoms with Crippen LogP contribution < -0.4 is 9.47 Å². The number of hydrogen-bond acceptors (Lipinski definition) is 2. The van der Waals surface area contributed by atoms with Gasteiger partial charge in [-0.2, -0.15) is 0 Å². The van der Waals surface area contributed by atoms with Gasteiger partial charge in [-0.05, 0) is 35.4 Å². The molecule has 3 heteroatoms. The molecule has 2 rings (SSSR count). The van der Waals surface area contributed by atoms with Crippen molar-refractivity contribution in [2.75, 3.05) is 14.2 Å².